The lowest BCUT2D eigenvalue weighted by atomic mass is 9.87. The van der Waals surface area contributed by atoms with Crippen LogP contribution in [0.1, 0.15) is 48.8 Å². The summed E-state index contributed by atoms with van der Waals surface area (Å²) in [5, 5.41) is 2.30. The number of amides is 3. The number of carbonyl (C=O) groups excluding carboxylic acids is 3. The van der Waals surface area contributed by atoms with Gasteiger partial charge >= 0.3 is 0 Å². The Balaban J connectivity index is 1.53. The molecule has 0 atom stereocenters. The van der Waals surface area contributed by atoms with Gasteiger partial charge in [0.25, 0.3) is 11.1 Å². The molecular formula is C29H31N3O3S. The fourth-order valence-corrected chi connectivity index (χ4v) is 5.12. The summed E-state index contributed by atoms with van der Waals surface area (Å²) in [6.45, 7) is 12.2. The highest BCUT2D eigenvalue weighted by Gasteiger charge is 2.36. The van der Waals surface area contributed by atoms with Crippen LogP contribution in [0, 0.1) is 20.8 Å². The van der Waals surface area contributed by atoms with Crippen molar-refractivity contribution in [2.45, 2.75) is 47.0 Å². The van der Waals surface area contributed by atoms with Crippen molar-refractivity contribution < 1.29 is 14.4 Å². The van der Waals surface area contributed by atoms with Gasteiger partial charge in [0.05, 0.1) is 4.91 Å². The van der Waals surface area contributed by atoms with E-state index < -0.39 is 17.1 Å². The Bertz CT molecular complexity index is 1380. The van der Waals surface area contributed by atoms with Gasteiger partial charge in [0.2, 0.25) is 5.91 Å². The van der Waals surface area contributed by atoms with Crippen LogP contribution >= 0.6 is 11.8 Å². The van der Waals surface area contributed by atoms with E-state index in [4.69, 9.17) is 0 Å². The lowest BCUT2D eigenvalue weighted by Crippen LogP contribution is -2.36. The van der Waals surface area contributed by atoms with Gasteiger partial charge in [-0.1, -0.05) is 45.0 Å². The molecule has 2 aromatic carbocycles. The number of nitrogens with one attached hydrogen (secondary N) is 1. The topological polar surface area (TPSA) is 71.4 Å². The monoisotopic (exact) mass is 501 g/mol. The summed E-state index contributed by atoms with van der Waals surface area (Å²) in [5.74, 6) is -0.871. The number of rotatable bonds is 5. The molecular weight excluding hydrogens is 470 g/mol. The van der Waals surface area contributed by atoms with E-state index in [1.807, 2.05) is 45.0 Å². The van der Waals surface area contributed by atoms with Crippen molar-refractivity contribution >= 4 is 40.6 Å². The third-order valence-electron chi connectivity index (χ3n) is 6.23. The Labute approximate surface area is 216 Å². The smallest absolute Gasteiger partial charge is 0.294 e. The van der Waals surface area contributed by atoms with Gasteiger partial charge in [0.15, 0.2) is 0 Å². The van der Waals surface area contributed by atoms with E-state index in [2.05, 4.69) is 54.9 Å². The average molecular weight is 502 g/mol. The van der Waals surface area contributed by atoms with E-state index in [9.17, 15) is 14.4 Å². The molecule has 0 aliphatic carbocycles. The number of anilines is 1. The highest BCUT2D eigenvalue weighted by molar-refractivity contribution is 8.18. The minimum Gasteiger partial charge on any atom is -0.325 e. The zero-order valence-corrected chi connectivity index (χ0v) is 22.3. The van der Waals surface area contributed by atoms with E-state index >= 15 is 0 Å². The van der Waals surface area contributed by atoms with E-state index in [1.165, 1.54) is 5.56 Å². The van der Waals surface area contributed by atoms with E-state index in [0.29, 0.717) is 10.6 Å². The summed E-state index contributed by atoms with van der Waals surface area (Å²) in [6, 6.07) is 17.9. The molecule has 0 unspecified atom stereocenters. The van der Waals surface area contributed by atoms with Crippen LogP contribution in [0.4, 0.5) is 10.5 Å². The number of nitrogens with zero attached hydrogens (tertiary/aromatic N) is 2. The summed E-state index contributed by atoms with van der Waals surface area (Å²) < 4.78 is 2.14. The molecule has 3 aromatic rings. The summed E-state index contributed by atoms with van der Waals surface area (Å²) in [4.78, 5) is 39.4. The second-order valence-corrected chi connectivity index (χ2v) is 11.1. The zero-order valence-electron chi connectivity index (χ0n) is 21.5. The number of aromatic nitrogens is 1. The molecule has 3 amide bonds. The van der Waals surface area contributed by atoms with Crippen LogP contribution in [0.2, 0.25) is 0 Å². The molecule has 1 aliphatic rings. The summed E-state index contributed by atoms with van der Waals surface area (Å²) in [5.41, 5.74) is 6.87. The predicted molar refractivity (Wildman–Crippen MR) is 146 cm³/mol. The summed E-state index contributed by atoms with van der Waals surface area (Å²) in [6.07, 6.45) is 1.74. The molecule has 0 radical (unpaired) electrons. The number of carbonyl (C=O) groups is 3. The van der Waals surface area contributed by atoms with Crippen molar-refractivity contribution in [2.24, 2.45) is 0 Å². The molecule has 1 N–H and O–H groups in total. The molecule has 1 fully saturated rings. The minimum absolute atomic E-state index is 0.0737. The van der Waals surface area contributed by atoms with Crippen LogP contribution in [0.15, 0.2) is 59.5 Å². The van der Waals surface area contributed by atoms with Crippen LogP contribution in [-0.4, -0.2) is 33.1 Å². The lowest BCUT2D eigenvalue weighted by molar-refractivity contribution is -0.127. The van der Waals surface area contributed by atoms with Crippen molar-refractivity contribution in [2.75, 3.05) is 11.9 Å². The number of hydrogen-bond donors (Lipinski definition) is 1. The van der Waals surface area contributed by atoms with Gasteiger partial charge < -0.3 is 9.88 Å². The van der Waals surface area contributed by atoms with Crippen molar-refractivity contribution in [3.63, 3.8) is 0 Å². The largest absolute Gasteiger partial charge is 0.325 e. The van der Waals surface area contributed by atoms with Crippen molar-refractivity contribution in [3.8, 4) is 5.69 Å². The van der Waals surface area contributed by atoms with Crippen molar-refractivity contribution in [1.82, 2.24) is 9.47 Å². The number of benzene rings is 2. The van der Waals surface area contributed by atoms with Gasteiger partial charge in [-0.3, -0.25) is 19.3 Å². The van der Waals surface area contributed by atoms with Crippen LogP contribution in [0.3, 0.4) is 0 Å². The third kappa shape index (κ3) is 5.31. The first-order valence-corrected chi connectivity index (χ1v) is 12.7. The Hall–Kier alpha value is -3.58. The van der Waals surface area contributed by atoms with Gasteiger partial charge in [-0.25, -0.2) is 0 Å². The second-order valence-electron chi connectivity index (χ2n) is 10.1. The molecule has 4 rings (SSSR count). The first kappa shape index (κ1) is 25.5. The molecule has 36 heavy (non-hydrogen) atoms. The molecule has 0 saturated carbocycles. The second kappa shape index (κ2) is 9.82. The SMILES string of the molecule is Cc1cccc(NC(=O)CN2C(=O)S/C(=C\c3cc(C)n(-c4ccc(C(C)(C)C)cc4)c3C)C2=O)c1. The summed E-state index contributed by atoms with van der Waals surface area (Å²) >= 11 is 0.861. The number of imide groups is 1. The van der Waals surface area contributed by atoms with Gasteiger partial charge in [0, 0.05) is 22.8 Å². The predicted octanol–water partition coefficient (Wildman–Crippen LogP) is 6.38. The third-order valence-corrected chi connectivity index (χ3v) is 7.13. The molecule has 1 saturated heterocycles. The van der Waals surface area contributed by atoms with Crippen molar-refractivity contribution in [1.29, 1.82) is 0 Å². The fraction of sp³-hybridized carbons (Fsp3) is 0.276. The van der Waals surface area contributed by atoms with Crippen LogP contribution in [0.5, 0.6) is 0 Å². The van der Waals surface area contributed by atoms with Gasteiger partial charge in [-0.2, -0.15) is 0 Å². The molecule has 0 bridgehead atoms. The fourth-order valence-electron chi connectivity index (χ4n) is 4.29. The first-order chi connectivity index (χ1) is 16.9. The molecule has 7 heteroatoms. The molecule has 1 aliphatic heterocycles. The van der Waals surface area contributed by atoms with Gasteiger partial charge in [-0.15, -0.1) is 0 Å². The van der Waals surface area contributed by atoms with Crippen LogP contribution in [-0.2, 0) is 15.0 Å². The maximum atomic E-state index is 13.0. The van der Waals surface area contributed by atoms with E-state index in [1.54, 1.807) is 12.1 Å². The van der Waals surface area contributed by atoms with E-state index in [-0.39, 0.29) is 12.0 Å². The molecule has 2 heterocycles. The Kier molecular flexibility index (Phi) is 6.96. The molecule has 186 valence electrons. The highest BCUT2D eigenvalue weighted by Crippen LogP contribution is 2.34. The number of hydrogen-bond acceptors (Lipinski definition) is 4. The normalized spacial score (nSPS) is 15.2. The Morgan fingerprint density at radius 3 is 2.33 bits per heavy atom. The Morgan fingerprint density at radius 2 is 1.69 bits per heavy atom. The Morgan fingerprint density at radius 1 is 1.00 bits per heavy atom. The highest BCUT2D eigenvalue weighted by atomic mass is 32.2. The van der Waals surface area contributed by atoms with Gasteiger partial charge in [0.1, 0.15) is 6.54 Å². The minimum atomic E-state index is -0.455. The first-order valence-electron chi connectivity index (χ1n) is 11.9. The number of thioether (sulfide) groups is 1. The average Bonchev–Trinajstić information content (AvgIpc) is 3.22. The van der Waals surface area contributed by atoms with Crippen molar-refractivity contribution in [3.05, 3.63) is 87.6 Å². The quantitative estimate of drug-likeness (QED) is 0.412. The zero-order chi connectivity index (χ0) is 26.2. The van der Waals surface area contributed by atoms with Crippen LogP contribution < -0.4 is 5.32 Å². The van der Waals surface area contributed by atoms with Gasteiger partial charge in [-0.05, 0) is 91.0 Å². The summed E-state index contributed by atoms with van der Waals surface area (Å²) in [7, 11) is 0. The number of aryl methyl sites for hydroxylation is 2. The molecule has 0 spiro atoms. The molecule has 1 aromatic heterocycles. The maximum absolute atomic E-state index is 13.0. The molecule has 6 nitrogen and oxygen atoms in total. The lowest BCUT2D eigenvalue weighted by Gasteiger charge is -2.20. The standard InChI is InChI=1S/C29H31N3O3S/c1-18-8-7-9-23(14-18)30-26(33)17-31-27(34)25(36-28(31)35)16-21-15-19(2)32(20(21)3)24-12-10-22(11-13-24)29(4,5)6/h7-16H,17H2,1-6H3,(H,30,33)/b25-16-. The van der Waals surface area contributed by atoms with Crippen LogP contribution in [0.25, 0.3) is 11.8 Å². The maximum Gasteiger partial charge on any atom is 0.294 e. The van der Waals surface area contributed by atoms with E-state index in [0.717, 1.165) is 44.9 Å².